The summed E-state index contributed by atoms with van der Waals surface area (Å²) < 4.78 is 5.17. The fraction of sp³-hybridized carbons (Fsp3) is 0.0952. The number of para-hydroxylation sites is 1. The van der Waals surface area contributed by atoms with E-state index in [1.54, 1.807) is 24.3 Å². The number of pyridine rings is 1. The molecule has 0 aliphatic carbocycles. The minimum atomic E-state index is -0.601. The Balaban J connectivity index is 1.96. The van der Waals surface area contributed by atoms with Gasteiger partial charge in [0.15, 0.2) is 6.61 Å². The number of rotatable bonds is 6. The first-order valence-corrected chi connectivity index (χ1v) is 8.67. The molecule has 2 aromatic carbocycles. The summed E-state index contributed by atoms with van der Waals surface area (Å²) in [6, 6.07) is 16.1. The third-order valence-electron chi connectivity index (χ3n) is 3.86. The van der Waals surface area contributed by atoms with Gasteiger partial charge in [-0.3, -0.25) is 4.79 Å². The van der Waals surface area contributed by atoms with Gasteiger partial charge in [-0.2, -0.15) is 0 Å². The van der Waals surface area contributed by atoms with Gasteiger partial charge in [0.25, 0.3) is 5.91 Å². The summed E-state index contributed by atoms with van der Waals surface area (Å²) >= 11 is 6.28. The maximum Gasteiger partial charge on any atom is 0.339 e. The molecule has 3 aromatic rings. The Hall–Kier alpha value is -3.18. The van der Waals surface area contributed by atoms with Crippen LogP contribution in [0.3, 0.4) is 0 Å². The first-order valence-electron chi connectivity index (χ1n) is 8.29. The van der Waals surface area contributed by atoms with Gasteiger partial charge in [-0.15, -0.1) is 6.58 Å². The number of carbonyl (C=O) groups excluding carboxylic acids is 2. The largest absolute Gasteiger partial charge is 0.452 e. The molecule has 0 fully saturated rings. The van der Waals surface area contributed by atoms with Crippen molar-refractivity contribution in [3.05, 3.63) is 77.8 Å². The van der Waals surface area contributed by atoms with Crippen molar-refractivity contribution in [2.24, 2.45) is 0 Å². The van der Waals surface area contributed by atoms with Crippen molar-refractivity contribution < 1.29 is 14.3 Å². The number of fused-ring (bicyclic) bond motifs is 1. The van der Waals surface area contributed by atoms with E-state index in [1.807, 2.05) is 36.4 Å². The van der Waals surface area contributed by atoms with E-state index in [2.05, 4.69) is 16.9 Å². The molecule has 0 aliphatic rings. The minimum absolute atomic E-state index is 0.311. The zero-order valence-electron chi connectivity index (χ0n) is 14.4. The van der Waals surface area contributed by atoms with Crippen LogP contribution in [0, 0.1) is 0 Å². The van der Waals surface area contributed by atoms with Crippen molar-refractivity contribution in [2.45, 2.75) is 0 Å². The van der Waals surface area contributed by atoms with E-state index < -0.39 is 11.9 Å². The Morgan fingerprint density at radius 3 is 2.67 bits per heavy atom. The highest BCUT2D eigenvalue weighted by molar-refractivity contribution is 6.33. The molecular weight excluding hydrogens is 364 g/mol. The molecular formula is C21H17ClN2O3. The van der Waals surface area contributed by atoms with E-state index in [9.17, 15) is 9.59 Å². The Labute approximate surface area is 161 Å². The lowest BCUT2D eigenvalue weighted by Gasteiger charge is -2.11. The Morgan fingerprint density at radius 1 is 1.15 bits per heavy atom. The Bertz CT molecular complexity index is 1020. The molecule has 1 heterocycles. The lowest BCUT2D eigenvalue weighted by atomic mass is 10.0. The Morgan fingerprint density at radius 2 is 1.89 bits per heavy atom. The number of nitrogens with one attached hydrogen (secondary N) is 1. The zero-order chi connectivity index (χ0) is 19.2. The molecule has 136 valence electrons. The zero-order valence-corrected chi connectivity index (χ0v) is 15.2. The fourth-order valence-corrected chi connectivity index (χ4v) is 2.83. The predicted molar refractivity (Wildman–Crippen MR) is 106 cm³/mol. The van der Waals surface area contributed by atoms with E-state index in [1.165, 1.54) is 0 Å². The van der Waals surface area contributed by atoms with Crippen LogP contribution in [0.25, 0.3) is 22.2 Å². The van der Waals surface area contributed by atoms with E-state index in [0.29, 0.717) is 39.3 Å². The molecule has 0 bridgehead atoms. The summed E-state index contributed by atoms with van der Waals surface area (Å²) in [4.78, 5) is 28.9. The number of aromatic nitrogens is 1. The van der Waals surface area contributed by atoms with Crippen LogP contribution in [-0.2, 0) is 9.53 Å². The number of benzene rings is 2. The first-order chi connectivity index (χ1) is 13.1. The van der Waals surface area contributed by atoms with Crippen molar-refractivity contribution in [2.75, 3.05) is 13.2 Å². The van der Waals surface area contributed by atoms with E-state index in [0.717, 1.165) is 0 Å². The number of carbonyl (C=O) groups is 2. The average Bonchev–Trinajstić information content (AvgIpc) is 2.70. The normalized spacial score (nSPS) is 10.4. The van der Waals surface area contributed by atoms with Crippen LogP contribution in [0.5, 0.6) is 0 Å². The van der Waals surface area contributed by atoms with Crippen LogP contribution >= 0.6 is 11.6 Å². The summed E-state index contributed by atoms with van der Waals surface area (Å²) in [5.74, 6) is -0.997. The molecule has 0 spiro atoms. The second-order valence-corrected chi connectivity index (χ2v) is 6.13. The summed E-state index contributed by atoms with van der Waals surface area (Å²) in [6.45, 7) is 3.46. The van der Waals surface area contributed by atoms with E-state index >= 15 is 0 Å². The van der Waals surface area contributed by atoms with Gasteiger partial charge in [0.1, 0.15) is 0 Å². The minimum Gasteiger partial charge on any atom is -0.452 e. The van der Waals surface area contributed by atoms with Crippen LogP contribution in [0.2, 0.25) is 5.02 Å². The number of esters is 1. The second-order valence-electron chi connectivity index (χ2n) is 5.72. The quantitative estimate of drug-likeness (QED) is 0.518. The molecule has 3 rings (SSSR count). The lowest BCUT2D eigenvalue weighted by Crippen LogP contribution is -2.28. The number of ether oxygens (including phenoxy) is 1. The highest BCUT2D eigenvalue weighted by Gasteiger charge is 2.17. The molecule has 27 heavy (non-hydrogen) atoms. The van der Waals surface area contributed by atoms with Crippen molar-refractivity contribution in [1.82, 2.24) is 10.3 Å². The smallest absolute Gasteiger partial charge is 0.339 e. The molecule has 0 unspecified atom stereocenters. The maximum absolute atomic E-state index is 12.6. The van der Waals surface area contributed by atoms with Gasteiger partial charge >= 0.3 is 5.97 Å². The Kier molecular flexibility index (Phi) is 5.84. The summed E-state index contributed by atoms with van der Waals surface area (Å²) in [7, 11) is 0. The van der Waals surface area contributed by atoms with Gasteiger partial charge in [-0.1, -0.05) is 54.1 Å². The number of nitrogens with zero attached hydrogens (tertiary/aromatic N) is 1. The topological polar surface area (TPSA) is 68.3 Å². The molecule has 0 saturated heterocycles. The second kappa shape index (κ2) is 8.47. The summed E-state index contributed by atoms with van der Waals surface area (Å²) in [6.07, 6.45) is 1.55. The molecule has 1 amide bonds. The number of hydrogen-bond acceptors (Lipinski definition) is 4. The number of halogens is 1. The lowest BCUT2D eigenvalue weighted by molar-refractivity contribution is -0.124. The molecule has 0 saturated carbocycles. The highest BCUT2D eigenvalue weighted by atomic mass is 35.5. The predicted octanol–water partition coefficient (Wildman–Crippen LogP) is 4.01. The van der Waals surface area contributed by atoms with Crippen LogP contribution in [0.4, 0.5) is 0 Å². The first kappa shape index (κ1) is 18.6. The van der Waals surface area contributed by atoms with Gasteiger partial charge < -0.3 is 10.1 Å². The van der Waals surface area contributed by atoms with Gasteiger partial charge in [-0.05, 0) is 18.2 Å². The standard InChI is InChI=1S/C21H17ClN2O3/c1-2-11-23-20(25)13-27-21(26)16-12-19(15-8-3-5-9-17(15)22)24-18-10-6-4-7-14(16)18/h2-10,12H,1,11,13H2,(H,23,25). The molecule has 0 aliphatic heterocycles. The summed E-state index contributed by atoms with van der Waals surface area (Å²) in [5, 5.41) is 3.73. The SMILES string of the molecule is C=CCNC(=O)COC(=O)c1cc(-c2ccccc2Cl)nc2ccccc12. The van der Waals surface area contributed by atoms with Crippen LogP contribution in [-0.4, -0.2) is 30.0 Å². The van der Waals surface area contributed by atoms with E-state index in [4.69, 9.17) is 16.3 Å². The van der Waals surface area contributed by atoms with Gasteiger partial charge in [0.05, 0.1) is 16.8 Å². The number of amides is 1. The van der Waals surface area contributed by atoms with Crippen LogP contribution < -0.4 is 5.32 Å². The highest BCUT2D eigenvalue weighted by Crippen LogP contribution is 2.30. The maximum atomic E-state index is 12.6. The van der Waals surface area contributed by atoms with E-state index in [-0.39, 0.29) is 6.61 Å². The molecule has 1 aromatic heterocycles. The van der Waals surface area contributed by atoms with Gasteiger partial charge in [0, 0.05) is 22.5 Å². The van der Waals surface area contributed by atoms with Crippen molar-refractivity contribution in [3.8, 4) is 11.3 Å². The molecule has 5 nitrogen and oxygen atoms in total. The van der Waals surface area contributed by atoms with Crippen molar-refractivity contribution in [3.63, 3.8) is 0 Å². The monoisotopic (exact) mass is 380 g/mol. The van der Waals surface area contributed by atoms with Crippen molar-refractivity contribution in [1.29, 1.82) is 0 Å². The van der Waals surface area contributed by atoms with Crippen LogP contribution in [0.1, 0.15) is 10.4 Å². The fourth-order valence-electron chi connectivity index (χ4n) is 2.60. The molecule has 6 heteroatoms. The van der Waals surface area contributed by atoms with Crippen molar-refractivity contribution >= 4 is 34.4 Å². The molecule has 1 N–H and O–H groups in total. The summed E-state index contributed by atoms with van der Waals surface area (Å²) in [5.41, 5.74) is 2.23. The van der Waals surface area contributed by atoms with Gasteiger partial charge in [-0.25, -0.2) is 9.78 Å². The molecule has 0 atom stereocenters. The molecule has 0 radical (unpaired) electrons. The third-order valence-corrected chi connectivity index (χ3v) is 4.19. The average molecular weight is 381 g/mol. The third kappa shape index (κ3) is 4.33. The van der Waals surface area contributed by atoms with Crippen LogP contribution in [0.15, 0.2) is 67.3 Å². The number of hydrogen-bond donors (Lipinski definition) is 1. The van der Waals surface area contributed by atoms with Gasteiger partial charge in [0.2, 0.25) is 0 Å².